The van der Waals surface area contributed by atoms with Crippen LogP contribution in [-0.4, -0.2) is 69.6 Å². The average molecular weight is 559 g/mol. The predicted molar refractivity (Wildman–Crippen MR) is 149 cm³/mol. The summed E-state index contributed by atoms with van der Waals surface area (Å²) in [5, 5.41) is 10.6. The van der Waals surface area contributed by atoms with E-state index in [0.29, 0.717) is 30.3 Å². The highest BCUT2D eigenvalue weighted by Gasteiger charge is 2.71. The number of thioether (sulfide) groups is 1. The van der Waals surface area contributed by atoms with Gasteiger partial charge in [-0.3, -0.25) is 14.4 Å². The molecule has 0 saturated carbocycles. The molecule has 1 spiro atoms. The Labute approximate surface area is 233 Å². The maximum Gasteiger partial charge on any atom is 0.311 e. The van der Waals surface area contributed by atoms with Gasteiger partial charge in [-0.1, -0.05) is 61.9 Å². The van der Waals surface area contributed by atoms with Gasteiger partial charge >= 0.3 is 5.97 Å². The number of anilines is 1. The summed E-state index contributed by atoms with van der Waals surface area (Å²) in [7, 11) is 0. The van der Waals surface area contributed by atoms with Gasteiger partial charge in [-0.15, -0.1) is 11.8 Å². The first-order chi connectivity index (χ1) is 18.2. The fourth-order valence-corrected chi connectivity index (χ4v) is 8.88. The van der Waals surface area contributed by atoms with E-state index in [1.807, 2.05) is 51.1 Å². The molecule has 6 atom stereocenters. The van der Waals surface area contributed by atoms with Crippen LogP contribution in [0.3, 0.4) is 0 Å². The van der Waals surface area contributed by atoms with Crippen molar-refractivity contribution in [2.75, 3.05) is 24.7 Å². The van der Waals surface area contributed by atoms with Crippen molar-refractivity contribution in [2.24, 2.45) is 17.8 Å². The van der Waals surface area contributed by atoms with Crippen molar-refractivity contribution >= 4 is 46.8 Å². The van der Waals surface area contributed by atoms with Crippen molar-refractivity contribution in [1.82, 2.24) is 4.90 Å². The van der Waals surface area contributed by atoms with Gasteiger partial charge in [0.25, 0.3) is 5.91 Å². The number of nitrogens with zero attached hydrogens (tertiary/aromatic N) is 2. The molecule has 7 nitrogen and oxygen atoms in total. The van der Waals surface area contributed by atoms with Gasteiger partial charge in [0.15, 0.2) is 0 Å². The first-order valence-corrected chi connectivity index (χ1v) is 14.6. The number of hydrogen-bond acceptors (Lipinski definition) is 6. The number of likely N-dealkylation sites (tertiary alicyclic amines) is 1. The van der Waals surface area contributed by atoms with Gasteiger partial charge in [0.2, 0.25) is 5.91 Å². The molecule has 2 amide bonds. The lowest BCUT2D eigenvalue weighted by atomic mass is 9.78. The summed E-state index contributed by atoms with van der Waals surface area (Å²) >= 11 is 8.12. The zero-order valence-electron chi connectivity index (χ0n) is 22.0. The Bertz CT molecular complexity index is 1170. The summed E-state index contributed by atoms with van der Waals surface area (Å²) in [6.45, 7) is 6.29. The molecule has 204 valence electrons. The largest absolute Gasteiger partial charge is 0.465 e. The number of halogens is 1. The summed E-state index contributed by atoms with van der Waals surface area (Å²) in [5.41, 5.74) is 1.47. The summed E-state index contributed by atoms with van der Waals surface area (Å²) in [6.07, 6.45) is 10.0. The van der Waals surface area contributed by atoms with Crippen LogP contribution in [0.4, 0.5) is 5.69 Å². The third-order valence-electron chi connectivity index (χ3n) is 8.10. The number of hydrogen-bond donors (Lipinski definition) is 1. The van der Waals surface area contributed by atoms with Crippen molar-refractivity contribution in [3.8, 4) is 0 Å². The summed E-state index contributed by atoms with van der Waals surface area (Å²) in [6, 6.07) is 4.06. The Hall–Kier alpha value is -2.29. The van der Waals surface area contributed by atoms with Crippen molar-refractivity contribution in [2.45, 2.75) is 62.1 Å². The number of ether oxygens (including phenoxy) is 1. The number of aryl methyl sites for hydroxylation is 1. The van der Waals surface area contributed by atoms with E-state index in [4.69, 9.17) is 16.3 Å². The van der Waals surface area contributed by atoms with Crippen molar-refractivity contribution in [3.63, 3.8) is 0 Å². The lowest BCUT2D eigenvalue weighted by Crippen LogP contribution is -2.57. The molecule has 4 aliphatic rings. The number of amides is 2. The molecule has 0 radical (unpaired) electrons. The third-order valence-corrected chi connectivity index (χ3v) is 10.1. The molecule has 4 aliphatic heterocycles. The maximum absolute atomic E-state index is 14.6. The van der Waals surface area contributed by atoms with Crippen LogP contribution < -0.4 is 4.90 Å². The number of esters is 1. The number of fused-ring (bicyclic) bond motifs is 2. The van der Waals surface area contributed by atoms with E-state index in [1.54, 1.807) is 15.9 Å². The monoisotopic (exact) mass is 558 g/mol. The minimum absolute atomic E-state index is 0.188. The molecule has 0 bridgehead atoms. The number of para-hydroxylation sites is 1. The highest BCUT2D eigenvalue weighted by Crippen LogP contribution is 2.61. The van der Waals surface area contributed by atoms with Gasteiger partial charge in [-0.2, -0.15) is 0 Å². The van der Waals surface area contributed by atoms with Crippen LogP contribution in [0.15, 0.2) is 42.5 Å². The number of carbonyl (C=O) groups is 3. The topological polar surface area (TPSA) is 87.2 Å². The number of cyclic esters (lactones) is 1. The highest BCUT2D eigenvalue weighted by molar-refractivity contribution is 8.02. The normalized spacial score (nSPS) is 32.6. The van der Waals surface area contributed by atoms with Gasteiger partial charge in [-0.25, -0.2) is 0 Å². The zero-order valence-corrected chi connectivity index (χ0v) is 23.6. The van der Waals surface area contributed by atoms with E-state index < -0.39 is 34.6 Å². The number of carbonyl (C=O) groups excluding carboxylic acids is 3. The average Bonchev–Trinajstić information content (AvgIpc) is 3.28. The van der Waals surface area contributed by atoms with E-state index in [0.717, 1.165) is 18.4 Å². The molecule has 4 heterocycles. The SMILES string of the molecule is Cc1cccc(Cl)c1N1CC=C[C@]23S[C@@H]4/C=C\CCCOC(=O)[C@@H]4[C@H]2C(=O)N([C@@H](CO)CC(C)C)C3C1=O. The molecule has 0 aromatic heterocycles. The molecule has 2 fully saturated rings. The fraction of sp³-hybridized carbons (Fsp3) is 0.552. The number of benzene rings is 1. The maximum atomic E-state index is 14.6. The van der Waals surface area contributed by atoms with Crippen LogP contribution in [-0.2, 0) is 19.1 Å². The van der Waals surface area contributed by atoms with Gasteiger partial charge in [0.1, 0.15) is 6.04 Å². The van der Waals surface area contributed by atoms with Gasteiger partial charge < -0.3 is 19.6 Å². The Balaban J connectivity index is 1.67. The van der Waals surface area contributed by atoms with E-state index in [2.05, 4.69) is 6.08 Å². The highest BCUT2D eigenvalue weighted by atomic mass is 35.5. The number of aliphatic hydroxyl groups excluding tert-OH is 1. The Morgan fingerprint density at radius 3 is 2.71 bits per heavy atom. The fourth-order valence-electron chi connectivity index (χ4n) is 6.57. The molecule has 1 N–H and O–H groups in total. The van der Waals surface area contributed by atoms with Gasteiger partial charge in [0.05, 0.1) is 46.5 Å². The number of rotatable bonds is 5. The van der Waals surface area contributed by atoms with Crippen molar-refractivity contribution in [3.05, 3.63) is 53.1 Å². The molecule has 9 heteroatoms. The third kappa shape index (κ3) is 4.38. The lowest BCUT2D eigenvalue weighted by molar-refractivity contribution is -0.153. The lowest BCUT2D eigenvalue weighted by Gasteiger charge is -2.39. The second-order valence-corrected chi connectivity index (χ2v) is 12.9. The van der Waals surface area contributed by atoms with Gasteiger partial charge in [-0.05, 0) is 43.7 Å². The molecular formula is C29H35ClN2O5S. The van der Waals surface area contributed by atoms with Crippen LogP contribution in [0, 0.1) is 24.7 Å². The number of allylic oxidation sites excluding steroid dienone is 1. The minimum atomic E-state index is -0.972. The molecule has 5 rings (SSSR count). The van der Waals surface area contributed by atoms with Crippen LogP contribution in [0.1, 0.15) is 38.7 Å². The molecule has 1 aromatic carbocycles. The first kappa shape index (κ1) is 27.3. The minimum Gasteiger partial charge on any atom is -0.465 e. The second-order valence-electron chi connectivity index (χ2n) is 11.0. The van der Waals surface area contributed by atoms with Crippen LogP contribution in [0.25, 0.3) is 0 Å². The Morgan fingerprint density at radius 1 is 1.21 bits per heavy atom. The predicted octanol–water partition coefficient (Wildman–Crippen LogP) is 4.15. The molecule has 1 aromatic rings. The Kier molecular flexibility index (Phi) is 7.68. The molecule has 38 heavy (non-hydrogen) atoms. The van der Waals surface area contributed by atoms with Crippen LogP contribution in [0.5, 0.6) is 0 Å². The Morgan fingerprint density at radius 2 is 2.00 bits per heavy atom. The van der Waals surface area contributed by atoms with E-state index in [1.165, 1.54) is 11.8 Å². The van der Waals surface area contributed by atoms with E-state index >= 15 is 0 Å². The quantitative estimate of drug-likeness (QED) is 0.431. The smallest absolute Gasteiger partial charge is 0.311 e. The van der Waals surface area contributed by atoms with E-state index in [9.17, 15) is 19.5 Å². The van der Waals surface area contributed by atoms with Crippen LogP contribution >= 0.6 is 23.4 Å². The molecule has 1 unspecified atom stereocenters. The summed E-state index contributed by atoms with van der Waals surface area (Å²) < 4.78 is 4.66. The first-order valence-electron chi connectivity index (χ1n) is 13.4. The summed E-state index contributed by atoms with van der Waals surface area (Å²) in [4.78, 5) is 45.6. The second kappa shape index (κ2) is 10.7. The zero-order chi connectivity index (χ0) is 27.2. The van der Waals surface area contributed by atoms with Crippen LogP contribution in [0.2, 0.25) is 5.02 Å². The van der Waals surface area contributed by atoms with Crippen molar-refractivity contribution < 1.29 is 24.2 Å². The molecule has 2 saturated heterocycles. The molecular weight excluding hydrogens is 524 g/mol. The molecule has 0 aliphatic carbocycles. The van der Waals surface area contributed by atoms with Crippen molar-refractivity contribution in [1.29, 1.82) is 0 Å². The standard InChI is InChI=1S/C29H35ClN2O5S/c1-17(2)15-19(16-33)32-25-27(35)31(24-18(3)9-7-10-20(24)30)13-8-12-29(25)23(26(32)34)22-21(38-29)11-5-4-6-14-37-28(22)36/h5,7-12,17,19,21-23,25,33H,4,6,13-16H2,1-3H3/b11-5-/t19-,21-,22+,23+,25?,29+/m1/s1. The van der Waals surface area contributed by atoms with E-state index in [-0.39, 0.29) is 29.6 Å². The summed E-state index contributed by atoms with van der Waals surface area (Å²) in [5.74, 6) is -2.20. The van der Waals surface area contributed by atoms with Gasteiger partial charge in [0, 0.05) is 11.8 Å². The number of aliphatic hydroxyl groups is 1.